The molecule has 1 unspecified atom stereocenters. The van der Waals surface area contributed by atoms with E-state index in [0.29, 0.717) is 10.7 Å². The molecule has 2 nitrogen and oxygen atoms in total. The van der Waals surface area contributed by atoms with Crippen LogP contribution in [-0.4, -0.2) is 24.7 Å². The van der Waals surface area contributed by atoms with Gasteiger partial charge in [0.2, 0.25) is 0 Å². The summed E-state index contributed by atoms with van der Waals surface area (Å²) in [5, 5.41) is 0. The number of halogens is 2. The number of benzene rings is 1. The van der Waals surface area contributed by atoms with E-state index in [0.717, 1.165) is 5.56 Å². The van der Waals surface area contributed by atoms with E-state index in [1.165, 1.54) is 5.56 Å². The molecule has 0 radical (unpaired) electrons. The summed E-state index contributed by atoms with van der Waals surface area (Å²) in [5.41, 5.74) is 2.04. The van der Waals surface area contributed by atoms with Gasteiger partial charge in [-0.3, -0.25) is 0 Å². The Balaban J connectivity index is 2.65. The molecule has 2 rings (SSSR count). The fraction of sp³-hybridized carbons (Fsp3) is 0.550. The Morgan fingerprint density at radius 3 is 2.31 bits per heavy atom. The summed E-state index contributed by atoms with van der Waals surface area (Å²) in [6.45, 7) is 13.3. The predicted molar refractivity (Wildman–Crippen MR) is 120 cm³/mol. The maximum atomic E-state index is 7.77. The molecule has 0 saturated heterocycles. The van der Waals surface area contributed by atoms with E-state index in [1.54, 1.807) is 0 Å². The van der Waals surface area contributed by atoms with Crippen molar-refractivity contribution in [2.45, 2.75) is 58.3 Å². The van der Waals surface area contributed by atoms with Crippen molar-refractivity contribution in [3.63, 3.8) is 0 Å². The third kappa shape index (κ3) is 4.88. The van der Waals surface area contributed by atoms with Crippen molar-refractivity contribution in [2.24, 2.45) is 0 Å². The van der Waals surface area contributed by atoms with Crippen LogP contribution >= 0.6 is 17.0 Å². The zero-order valence-electron chi connectivity index (χ0n) is 17.3. The molecule has 0 aliphatic heterocycles. The van der Waals surface area contributed by atoms with E-state index < -0.39 is 21.6 Å². The predicted octanol–water partition coefficient (Wildman–Crippen LogP) is 6.88. The molecule has 1 atom stereocenters. The third-order valence-electron chi connectivity index (χ3n) is 5.31. The third-order valence-corrected chi connectivity index (χ3v) is 28.4. The first-order valence-electron chi connectivity index (χ1n) is 9.44. The van der Waals surface area contributed by atoms with Crippen LogP contribution in [0.1, 0.15) is 35.5 Å². The molecule has 1 aromatic carbocycles. The van der Waals surface area contributed by atoms with Crippen LogP contribution in [0.5, 0.6) is 0 Å². The molecular formula is C20H35Cl2NOSiZr. The zero-order chi connectivity index (χ0) is 20.2. The van der Waals surface area contributed by atoms with E-state index >= 15 is 0 Å². The molecule has 1 N–H and O–H groups in total. The van der Waals surface area contributed by atoms with Gasteiger partial charge in [-0.2, -0.15) is 0 Å². The Labute approximate surface area is 162 Å². The Morgan fingerprint density at radius 2 is 1.77 bits per heavy atom. The first-order valence-corrected chi connectivity index (χ1v) is 27.8. The van der Waals surface area contributed by atoms with Crippen LogP contribution in [0.15, 0.2) is 30.3 Å². The minimum absolute atomic E-state index is 0.157. The van der Waals surface area contributed by atoms with Gasteiger partial charge in [0.15, 0.2) is 0 Å². The van der Waals surface area contributed by atoms with Crippen LogP contribution in [0, 0.1) is 0 Å². The first kappa shape index (κ1) is 22.7. The average molecular weight is 496 g/mol. The minimum atomic E-state index is -5.80. The molecule has 1 aliphatic carbocycles. The average Bonchev–Trinajstić information content (AvgIpc) is 2.78. The molecule has 0 spiro atoms. The normalized spacial score (nSPS) is 22.2. The maximum absolute atomic E-state index is 7.77. The van der Waals surface area contributed by atoms with Crippen molar-refractivity contribution in [1.82, 2.24) is 3.26 Å². The van der Waals surface area contributed by atoms with Crippen LogP contribution < -0.4 is 3.26 Å². The van der Waals surface area contributed by atoms with Gasteiger partial charge in [-0.15, -0.1) is 0 Å². The molecule has 1 aromatic rings. The second-order valence-electron chi connectivity index (χ2n) is 11.3. The second-order valence-corrected chi connectivity index (χ2v) is 56.9. The fourth-order valence-electron chi connectivity index (χ4n) is 4.59. The summed E-state index contributed by atoms with van der Waals surface area (Å²) in [6, 6.07) is 8.31. The van der Waals surface area contributed by atoms with Gasteiger partial charge in [0, 0.05) is 0 Å². The Kier molecular flexibility index (Phi) is 4.82. The summed E-state index contributed by atoms with van der Waals surface area (Å²) in [5.74, 6) is 0. The number of hydrogen-bond donors (Lipinski definition) is 1. The van der Waals surface area contributed by atoms with Crippen molar-refractivity contribution in [1.29, 1.82) is 0 Å². The van der Waals surface area contributed by atoms with Crippen LogP contribution in [0.4, 0.5) is 0 Å². The standard InChI is InChI=1S/C9H7.C5H13OSi.C4H10N.CH3.CH2.2ClH.Zr/c1-2-5-9-7-3-6-8(9)4-1;1-5-6-7(2,3)4;1-4(2,3)5;;;;;/h1-7H;1,5H2,2-4H3;5H,1-3H3;1H3;1H2;2*1H;/q;;-1;;;;;+3/p-2. The second kappa shape index (κ2) is 5.52. The number of hydrogen-bond acceptors (Lipinski definition) is 2. The molecule has 6 heteroatoms. The monoisotopic (exact) mass is 493 g/mol. The van der Waals surface area contributed by atoms with Crippen molar-refractivity contribution in [3.8, 4) is 0 Å². The van der Waals surface area contributed by atoms with Crippen LogP contribution in [-0.2, 0) is 17.7 Å². The van der Waals surface area contributed by atoms with Crippen LogP contribution in [0.25, 0.3) is 6.08 Å². The van der Waals surface area contributed by atoms with E-state index in [-0.39, 0.29) is 9.16 Å². The Hall–Kier alpha value is 0.430. The topological polar surface area (TPSA) is 21.3 Å². The molecule has 0 heterocycles. The van der Waals surface area contributed by atoms with Gasteiger partial charge in [-0.1, -0.05) is 0 Å². The summed E-state index contributed by atoms with van der Waals surface area (Å²) < 4.78 is 17.1. The number of nitrogens with one attached hydrogen (secondary N) is 1. The molecule has 0 aromatic heterocycles. The summed E-state index contributed by atoms with van der Waals surface area (Å²) in [7, 11) is 13.9. The Bertz CT molecular complexity index is 869. The van der Waals surface area contributed by atoms with Gasteiger partial charge >= 0.3 is 163 Å². The van der Waals surface area contributed by atoms with Gasteiger partial charge in [0.25, 0.3) is 0 Å². The molecule has 0 bridgehead atoms. The van der Waals surface area contributed by atoms with E-state index in [2.05, 4.69) is 68.0 Å². The molecule has 0 fully saturated rings. The van der Waals surface area contributed by atoms with Gasteiger partial charge in [0.1, 0.15) is 0 Å². The van der Waals surface area contributed by atoms with E-state index in [9.17, 15) is 0 Å². The fourth-order valence-corrected chi connectivity index (χ4v) is 28.1. The first-order chi connectivity index (χ1) is 11.3. The summed E-state index contributed by atoms with van der Waals surface area (Å²) in [4.78, 5) is 0. The molecule has 0 amide bonds. The van der Waals surface area contributed by atoms with Crippen LogP contribution in [0.3, 0.4) is 0 Å². The van der Waals surface area contributed by atoms with Crippen molar-refractivity contribution < 1.29 is 17.7 Å². The van der Waals surface area contributed by atoms with E-state index in [1.807, 2.05) is 16.8 Å². The molecule has 1 aliphatic rings. The quantitative estimate of drug-likeness (QED) is 0.435. The van der Waals surface area contributed by atoms with Crippen molar-refractivity contribution >= 4 is 35.6 Å². The SMILES string of the molecule is [CH2]=[Zr]([CH3])([Cl])([Cl])([CH2]CO[Si](C)(C)C)([NH]C(C)(C)C)[CH]1C=Cc2ccccc21. The van der Waals surface area contributed by atoms with Gasteiger partial charge in [-0.05, 0) is 0 Å². The Morgan fingerprint density at radius 1 is 1.19 bits per heavy atom. The molecule has 148 valence electrons. The molecule has 0 saturated carbocycles. The van der Waals surface area contributed by atoms with E-state index in [4.69, 9.17) is 25.7 Å². The van der Waals surface area contributed by atoms with Crippen molar-refractivity contribution in [2.75, 3.05) is 6.61 Å². The number of allylic oxidation sites excluding steroid dienone is 1. The molecule has 26 heavy (non-hydrogen) atoms. The summed E-state index contributed by atoms with van der Waals surface area (Å²) >= 11 is -5.80. The molecular weight excluding hydrogens is 460 g/mol. The number of fused-ring (bicyclic) bond motifs is 1. The number of rotatable bonds is 6. The van der Waals surface area contributed by atoms with Gasteiger partial charge in [-0.25, -0.2) is 0 Å². The van der Waals surface area contributed by atoms with Gasteiger partial charge < -0.3 is 0 Å². The van der Waals surface area contributed by atoms with Crippen molar-refractivity contribution in [3.05, 3.63) is 41.5 Å². The van der Waals surface area contributed by atoms with Gasteiger partial charge in [0.05, 0.1) is 0 Å². The zero-order valence-corrected chi connectivity index (χ0v) is 22.3. The summed E-state index contributed by atoms with van der Waals surface area (Å²) in [6.07, 6.45) is 4.27. The van der Waals surface area contributed by atoms with Crippen LogP contribution in [0.2, 0.25) is 28.4 Å².